The van der Waals surface area contributed by atoms with Gasteiger partial charge in [0, 0.05) is 23.0 Å². The van der Waals surface area contributed by atoms with Crippen molar-refractivity contribution < 1.29 is 23.9 Å². The molecule has 0 aromatic heterocycles. The largest absolute Gasteiger partial charge is 0.486 e. The highest BCUT2D eigenvalue weighted by Gasteiger charge is 2.38. The fourth-order valence-electron chi connectivity index (χ4n) is 3.92. The molecule has 36 heavy (non-hydrogen) atoms. The molecule has 9 heteroatoms. The third kappa shape index (κ3) is 4.63. The zero-order chi connectivity index (χ0) is 25.2. The summed E-state index contributed by atoms with van der Waals surface area (Å²) in [5, 5.41) is 5.62. The van der Waals surface area contributed by atoms with Gasteiger partial charge in [-0.3, -0.25) is 19.3 Å². The molecule has 0 atom stereocenters. The number of nitrogens with one attached hydrogen (secondary N) is 2. The first-order valence-corrected chi connectivity index (χ1v) is 11.7. The number of nitrogens with zero attached hydrogens (tertiary/aromatic N) is 1. The molecule has 2 aliphatic rings. The molecular formula is C27H22ClN3O5. The molecule has 182 valence electrons. The van der Waals surface area contributed by atoms with Gasteiger partial charge in [0.2, 0.25) is 0 Å². The molecule has 8 nitrogen and oxygen atoms in total. The molecule has 0 fully saturated rings. The Morgan fingerprint density at radius 3 is 2.47 bits per heavy atom. The number of rotatable bonds is 6. The number of carbonyl (C=O) groups excluding carboxylic acids is 3. The summed E-state index contributed by atoms with van der Waals surface area (Å²) >= 11 is 6.26. The van der Waals surface area contributed by atoms with Crippen molar-refractivity contribution in [2.45, 2.75) is 13.5 Å². The summed E-state index contributed by atoms with van der Waals surface area (Å²) in [7, 11) is 0. The van der Waals surface area contributed by atoms with Gasteiger partial charge in [0.05, 0.1) is 6.54 Å². The van der Waals surface area contributed by atoms with Crippen molar-refractivity contribution in [2.24, 2.45) is 0 Å². The number of hydrogen-bond acceptors (Lipinski definition) is 6. The first kappa shape index (κ1) is 23.4. The van der Waals surface area contributed by atoms with Crippen LogP contribution in [0, 0.1) is 6.92 Å². The van der Waals surface area contributed by atoms with Crippen LogP contribution in [0.4, 0.5) is 11.4 Å². The van der Waals surface area contributed by atoms with Gasteiger partial charge in [-0.1, -0.05) is 48.0 Å². The summed E-state index contributed by atoms with van der Waals surface area (Å²) < 4.78 is 11.1. The summed E-state index contributed by atoms with van der Waals surface area (Å²) in [5.74, 6) is -0.258. The van der Waals surface area contributed by atoms with E-state index in [-0.39, 0.29) is 23.2 Å². The van der Waals surface area contributed by atoms with Crippen LogP contribution in [0.15, 0.2) is 77.5 Å². The maximum atomic E-state index is 13.0. The molecule has 0 saturated heterocycles. The van der Waals surface area contributed by atoms with Crippen molar-refractivity contribution in [3.05, 3.63) is 94.1 Å². The van der Waals surface area contributed by atoms with E-state index in [0.29, 0.717) is 41.7 Å². The molecule has 2 heterocycles. The summed E-state index contributed by atoms with van der Waals surface area (Å²) in [6, 6.07) is 19.4. The highest BCUT2D eigenvalue weighted by Crippen LogP contribution is 2.33. The molecule has 2 N–H and O–H groups in total. The number of anilines is 2. The fraction of sp³-hybridized carbons (Fsp3) is 0.148. The van der Waals surface area contributed by atoms with Gasteiger partial charge in [-0.05, 0) is 42.3 Å². The van der Waals surface area contributed by atoms with Crippen molar-refractivity contribution in [1.82, 2.24) is 4.90 Å². The number of amides is 3. The van der Waals surface area contributed by atoms with Crippen molar-refractivity contribution in [3.8, 4) is 11.5 Å². The minimum absolute atomic E-state index is 0.0231. The Labute approximate surface area is 212 Å². The van der Waals surface area contributed by atoms with Gasteiger partial charge in [0.15, 0.2) is 11.5 Å². The Kier molecular flexibility index (Phi) is 6.35. The Morgan fingerprint density at radius 2 is 1.69 bits per heavy atom. The SMILES string of the molecule is Cc1ccc(C(=O)Nc2ccc3c(c2)OCCO3)cc1NC1=C(Cl)C(=O)N(Cc2ccccc2)C1=O. The highest BCUT2D eigenvalue weighted by atomic mass is 35.5. The van der Waals surface area contributed by atoms with Gasteiger partial charge >= 0.3 is 0 Å². The molecule has 0 radical (unpaired) electrons. The maximum Gasteiger partial charge on any atom is 0.279 e. The molecule has 0 bridgehead atoms. The predicted molar refractivity (Wildman–Crippen MR) is 135 cm³/mol. The van der Waals surface area contributed by atoms with Gasteiger partial charge in [-0.15, -0.1) is 0 Å². The number of ether oxygens (including phenoxy) is 2. The summed E-state index contributed by atoms with van der Waals surface area (Å²) in [6.07, 6.45) is 0. The number of carbonyl (C=O) groups is 3. The van der Waals surface area contributed by atoms with Gasteiger partial charge in [0.25, 0.3) is 17.7 Å². The number of aryl methyl sites for hydroxylation is 1. The zero-order valence-electron chi connectivity index (χ0n) is 19.3. The van der Waals surface area contributed by atoms with E-state index in [1.165, 1.54) is 0 Å². The molecule has 0 unspecified atom stereocenters. The number of imide groups is 1. The minimum atomic E-state index is -0.571. The molecule has 0 spiro atoms. The lowest BCUT2D eigenvalue weighted by Crippen LogP contribution is -2.31. The van der Waals surface area contributed by atoms with Crippen molar-refractivity contribution in [1.29, 1.82) is 0 Å². The molecule has 3 amide bonds. The zero-order valence-corrected chi connectivity index (χ0v) is 20.1. The van der Waals surface area contributed by atoms with E-state index in [2.05, 4.69) is 10.6 Å². The standard InChI is InChI=1S/C27H22ClN3O5/c1-16-7-8-18(25(32)29-19-9-10-21-22(14-19)36-12-11-35-21)13-20(16)30-24-23(28)26(33)31(27(24)34)15-17-5-3-2-4-6-17/h2-10,13-14,30H,11-12,15H2,1H3,(H,29,32). The van der Waals surface area contributed by atoms with Crippen LogP contribution in [0.25, 0.3) is 0 Å². The van der Waals surface area contributed by atoms with E-state index in [4.69, 9.17) is 21.1 Å². The number of fused-ring (bicyclic) bond motifs is 1. The van der Waals surface area contributed by atoms with Crippen molar-refractivity contribution in [2.75, 3.05) is 23.8 Å². The lowest BCUT2D eigenvalue weighted by Gasteiger charge is -2.19. The summed E-state index contributed by atoms with van der Waals surface area (Å²) in [6.45, 7) is 2.86. The quantitative estimate of drug-likeness (QED) is 0.482. The van der Waals surface area contributed by atoms with Crippen LogP contribution < -0.4 is 20.1 Å². The van der Waals surface area contributed by atoms with E-state index in [9.17, 15) is 14.4 Å². The third-order valence-corrected chi connectivity index (χ3v) is 6.21. The summed E-state index contributed by atoms with van der Waals surface area (Å²) in [5.41, 5.74) is 2.94. The number of hydrogen-bond donors (Lipinski definition) is 2. The van der Waals surface area contributed by atoms with Crippen LogP contribution in [-0.2, 0) is 16.1 Å². The van der Waals surface area contributed by atoms with Crippen LogP contribution in [0.2, 0.25) is 0 Å². The van der Waals surface area contributed by atoms with E-state index in [1.807, 2.05) is 37.3 Å². The molecule has 2 aliphatic heterocycles. The monoisotopic (exact) mass is 503 g/mol. The van der Waals surface area contributed by atoms with E-state index < -0.39 is 11.8 Å². The van der Waals surface area contributed by atoms with E-state index in [0.717, 1.165) is 16.0 Å². The first-order chi connectivity index (χ1) is 17.4. The molecule has 5 rings (SSSR count). The van der Waals surface area contributed by atoms with Crippen molar-refractivity contribution in [3.63, 3.8) is 0 Å². The average Bonchev–Trinajstić information content (AvgIpc) is 3.09. The van der Waals surface area contributed by atoms with Crippen LogP contribution in [0.5, 0.6) is 11.5 Å². The number of benzene rings is 3. The Morgan fingerprint density at radius 1 is 0.944 bits per heavy atom. The topological polar surface area (TPSA) is 97.0 Å². The first-order valence-electron chi connectivity index (χ1n) is 11.3. The van der Waals surface area contributed by atoms with Crippen LogP contribution in [-0.4, -0.2) is 35.8 Å². The molecule has 0 saturated carbocycles. The van der Waals surface area contributed by atoms with Gasteiger partial charge in [-0.25, -0.2) is 0 Å². The van der Waals surface area contributed by atoms with Crippen LogP contribution in [0.1, 0.15) is 21.5 Å². The van der Waals surface area contributed by atoms with Gasteiger partial charge in [-0.2, -0.15) is 0 Å². The Hall–Kier alpha value is -4.30. The maximum absolute atomic E-state index is 13.0. The van der Waals surface area contributed by atoms with Gasteiger partial charge < -0.3 is 20.1 Å². The second kappa shape index (κ2) is 9.75. The highest BCUT2D eigenvalue weighted by molar-refractivity contribution is 6.48. The van der Waals surface area contributed by atoms with Crippen molar-refractivity contribution >= 4 is 40.7 Å². The molecule has 3 aromatic carbocycles. The predicted octanol–water partition coefficient (Wildman–Crippen LogP) is 4.45. The lowest BCUT2D eigenvalue weighted by atomic mass is 10.1. The fourth-order valence-corrected chi connectivity index (χ4v) is 4.15. The number of halogens is 1. The molecule has 0 aliphatic carbocycles. The molecular weight excluding hydrogens is 482 g/mol. The average molecular weight is 504 g/mol. The summed E-state index contributed by atoms with van der Waals surface area (Å²) in [4.78, 5) is 39.7. The second-order valence-electron chi connectivity index (χ2n) is 8.34. The minimum Gasteiger partial charge on any atom is -0.486 e. The smallest absolute Gasteiger partial charge is 0.279 e. The molecule has 3 aromatic rings. The second-order valence-corrected chi connectivity index (χ2v) is 8.72. The van der Waals surface area contributed by atoms with E-state index >= 15 is 0 Å². The van der Waals surface area contributed by atoms with E-state index in [1.54, 1.807) is 36.4 Å². The normalized spacial score (nSPS) is 14.8. The lowest BCUT2D eigenvalue weighted by molar-refractivity contribution is -0.138. The Bertz CT molecular complexity index is 1400. The van der Waals surface area contributed by atoms with Crippen LogP contribution in [0.3, 0.4) is 0 Å². The van der Waals surface area contributed by atoms with Gasteiger partial charge in [0.1, 0.15) is 23.9 Å². The Balaban J connectivity index is 1.33. The third-order valence-electron chi connectivity index (χ3n) is 5.85. The van der Waals surface area contributed by atoms with Crippen LogP contribution >= 0.6 is 11.6 Å².